The summed E-state index contributed by atoms with van der Waals surface area (Å²) in [6, 6.07) is 9.90. The molecule has 1 aliphatic heterocycles. The van der Waals surface area contributed by atoms with Crippen LogP contribution in [0.1, 0.15) is 0 Å². The van der Waals surface area contributed by atoms with Gasteiger partial charge in [-0.1, -0.05) is 0 Å². The number of benzene rings is 1. The number of hydrogen-bond donors (Lipinski definition) is 1. The van der Waals surface area contributed by atoms with E-state index in [9.17, 15) is 0 Å². The van der Waals surface area contributed by atoms with Gasteiger partial charge in [-0.2, -0.15) is 0 Å². The third-order valence-corrected chi connectivity index (χ3v) is 4.07. The molecule has 1 N–H and O–H groups in total. The number of nitrogens with one attached hydrogen (secondary N) is 1. The van der Waals surface area contributed by atoms with Gasteiger partial charge in [-0.25, -0.2) is 4.98 Å². The van der Waals surface area contributed by atoms with Gasteiger partial charge in [-0.3, -0.25) is 0 Å². The van der Waals surface area contributed by atoms with Gasteiger partial charge in [0.15, 0.2) is 5.76 Å². The Morgan fingerprint density at radius 2 is 2.25 bits per heavy atom. The van der Waals surface area contributed by atoms with Crippen molar-refractivity contribution < 1.29 is 9.15 Å². The van der Waals surface area contributed by atoms with Crippen LogP contribution in [0.5, 0.6) is 5.75 Å². The fraction of sp³-hybridized carbons (Fsp3) is 0.133. The van der Waals surface area contributed by atoms with Gasteiger partial charge < -0.3 is 14.5 Å². The lowest BCUT2D eigenvalue weighted by atomic mass is 10.2. The van der Waals surface area contributed by atoms with E-state index in [-0.39, 0.29) is 0 Å². The van der Waals surface area contributed by atoms with Gasteiger partial charge in [0.1, 0.15) is 23.1 Å². The van der Waals surface area contributed by atoms with Crippen molar-refractivity contribution in [2.45, 2.75) is 0 Å². The highest BCUT2D eigenvalue weighted by Gasteiger charge is 2.13. The summed E-state index contributed by atoms with van der Waals surface area (Å²) >= 11 is 1.61. The van der Waals surface area contributed by atoms with Crippen LogP contribution in [-0.4, -0.2) is 18.1 Å². The van der Waals surface area contributed by atoms with E-state index in [4.69, 9.17) is 9.15 Å². The summed E-state index contributed by atoms with van der Waals surface area (Å²) in [6.45, 7) is 1.55. The Kier molecular flexibility index (Phi) is 2.70. The van der Waals surface area contributed by atoms with E-state index in [1.165, 1.54) is 0 Å². The van der Waals surface area contributed by atoms with Crippen molar-refractivity contribution in [3.05, 3.63) is 42.0 Å². The minimum Gasteiger partial charge on any atom is -0.490 e. The van der Waals surface area contributed by atoms with Crippen molar-refractivity contribution in [1.29, 1.82) is 0 Å². The molecule has 0 bridgehead atoms. The summed E-state index contributed by atoms with van der Waals surface area (Å²) in [6.07, 6.45) is 1.66. The predicted octanol–water partition coefficient (Wildman–Crippen LogP) is 3.87. The highest BCUT2D eigenvalue weighted by atomic mass is 32.1. The van der Waals surface area contributed by atoms with Crippen molar-refractivity contribution in [2.75, 3.05) is 18.5 Å². The summed E-state index contributed by atoms with van der Waals surface area (Å²) in [4.78, 5) is 4.63. The van der Waals surface area contributed by atoms with Crippen LogP contribution in [0, 0.1) is 0 Å². The molecule has 2 aromatic heterocycles. The van der Waals surface area contributed by atoms with Crippen LogP contribution in [0.2, 0.25) is 0 Å². The topological polar surface area (TPSA) is 47.3 Å². The van der Waals surface area contributed by atoms with E-state index < -0.39 is 0 Å². The molecule has 5 heteroatoms. The third-order valence-electron chi connectivity index (χ3n) is 3.18. The molecule has 0 saturated carbocycles. The fourth-order valence-corrected chi connectivity index (χ4v) is 3.02. The number of aromatic nitrogens is 1. The molecule has 0 fully saturated rings. The number of nitrogens with zero attached hydrogens (tertiary/aromatic N) is 1. The molecule has 4 rings (SSSR count). The lowest BCUT2D eigenvalue weighted by molar-refractivity contribution is 0.323. The van der Waals surface area contributed by atoms with Crippen LogP contribution in [0.3, 0.4) is 0 Å². The maximum Gasteiger partial charge on any atom is 0.153 e. The molecule has 0 aliphatic carbocycles. The second-order valence-corrected chi connectivity index (χ2v) is 5.36. The molecule has 1 aliphatic rings. The van der Waals surface area contributed by atoms with E-state index in [0.717, 1.165) is 40.0 Å². The van der Waals surface area contributed by atoms with Crippen LogP contribution in [-0.2, 0) is 0 Å². The molecule has 100 valence electrons. The molecule has 0 atom stereocenters. The molecule has 0 amide bonds. The summed E-state index contributed by atoms with van der Waals surface area (Å²) < 4.78 is 11.0. The smallest absolute Gasteiger partial charge is 0.153 e. The SMILES string of the molecule is c1coc(-c2csc(-c3ccc4c(c3)NCCO4)n2)c1. The van der Waals surface area contributed by atoms with E-state index in [2.05, 4.69) is 16.4 Å². The average molecular weight is 284 g/mol. The number of furan rings is 1. The summed E-state index contributed by atoms with van der Waals surface area (Å²) in [5.74, 6) is 1.70. The van der Waals surface area contributed by atoms with Crippen molar-refractivity contribution in [3.63, 3.8) is 0 Å². The van der Waals surface area contributed by atoms with Gasteiger partial charge in [-0.05, 0) is 30.3 Å². The molecule has 20 heavy (non-hydrogen) atoms. The van der Waals surface area contributed by atoms with Gasteiger partial charge in [-0.15, -0.1) is 11.3 Å². The molecule has 1 aromatic carbocycles. The maximum absolute atomic E-state index is 5.58. The zero-order chi connectivity index (χ0) is 13.4. The van der Waals surface area contributed by atoms with Crippen LogP contribution in [0.15, 0.2) is 46.4 Å². The van der Waals surface area contributed by atoms with E-state index in [0.29, 0.717) is 6.61 Å². The lowest BCUT2D eigenvalue weighted by Crippen LogP contribution is -2.17. The highest BCUT2D eigenvalue weighted by Crippen LogP contribution is 2.35. The van der Waals surface area contributed by atoms with Crippen molar-refractivity contribution in [1.82, 2.24) is 4.98 Å². The Hall–Kier alpha value is -2.27. The molecule has 4 nitrogen and oxygen atoms in total. The Labute approximate surface area is 120 Å². The predicted molar refractivity (Wildman–Crippen MR) is 79.2 cm³/mol. The first kappa shape index (κ1) is 11.5. The van der Waals surface area contributed by atoms with Crippen molar-refractivity contribution in [2.24, 2.45) is 0 Å². The quantitative estimate of drug-likeness (QED) is 0.776. The summed E-state index contributed by atoms with van der Waals surface area (Å²) in [5, 5.41) is 6.33. The Morgan fingerprint density at radius 3 is 3.15 bits per heavy atom. The van der Waals surface area contributed by atoms with Crippen molar-refractivity contribution in [3.8, 4) is 27.8 Å². The standard InChI is InChI=1S/C15H12N2O2S/c1-2-13(18-6-1)12-9-20-15(17-12)10-3-4-14-11(8-10)16-5-7-19-14/h1-4,6,8-9,16H,5,7H2. The minimum absolute atomic E-state index is 0.715. The number of ether oxygens (including phenoxy) is 1. The van der Waals surface area contributed by atoms with Crippen LogP contribution >= 0.6 is 11.3 Å². The molecule has 0 spiro atoms. The molecule has 0 radical (unpaired) electrons. The number of hydrogen-bond acceptors (Lipinski definition) is 5. The maximum atomic E-state index is 5.58. The van der Waals surface area contributed by atoms with Crippen LogP contribution in [0.4, 0.5) is 5.69 Å². The first-order valence-corrected chi connectivity index (χ1v) is 7.28. The largest absolute Gasteiger partial charge is 0.490 e. The third kappa shape index (κ3) is 1.96. The number of fused-ring (bicyclic) bond motifs is 1. The van der Waals surface area contributed by atoms with Gasteiger partial charge in [0, 0.05) is 17.5 Å². The average Bonchev–Trinajstić information content (AvgIpc) is 3.17. The first-order chi connectivity index (χ1) is 9.90. The zero-order valence-electron chi connectivity index (χ0n) is 10.6. The van der Waals surface area contributed by atoms with Gasteiger partial charge in [0.05, 0.1) is 12.0 Å². The lowest BCUT2D eigenvalue weighted by Gasteiger charge is -2.19. The Balaban J connectivity index is 1.71. The summed E-state index contributed by atoms with van der Waals surface area (Å²) in [5.41, 5.74) is 2.99. The monoisotopic (exact) mass is 284 g/mol. The van der Waals surface area contributed by atoms with E-state index in [1.54, 1.807) is 17.6 Å². The molecular weight excluding hydrogens is 272 g/mol. The summed E-state index contributed by atoms with van der Waals surface area (Å²) in [7, 11) is 0. The van der Waals surface area contributed by atoms with Crippen LogP contribution < -0.4 is 10.1 Å². The Bertz CT molecular complexity index is 734. The minimum atomic E-state index is 0.715. The number of thiazole rings is 1. The molecule has 0 saturated heterocycles. The van der Waals surface area contributed by atoms with Gasteiger partial charge in [0.2, 0.25) is 0 Å². The van der Waals surface area contributed by atoms with Crippen LogP contribution in [0.25, 0.3) is 22.0 Å². The van der Waals surface area contributed by atoms with E-state index >= 15 is 0 Å². The Morgan fingerprint density at radius 1 is 1.25 bits per heavy atom. The molecule has 3 heterocycles. The molecular formula is C15H12N2O2S. The normalized spacial score (nSPS) is 13.4. The van der Waals surface area contributed by atoms with E-state index in [1.807, 2.05) is 29.6 Å². The second kappa shape index (κ2) is 4.68. The molecule has 0 unspecified atom stereocenters. The van der Waals surface area contributed by atoms with Gasteiger partial charge >= 0.3 is 0 Å². The zero-order valence-corrected chi connectivity index (χ0v) is 11.4. The van der Waals surface area contributed by atoms with Gasteiger partial charge in [0.25, 0.3) is 0 Å². The second-order valence-electron chi connectivity index (χ2n) is 4.50. The van der Waals surface area contributed by atoms with Crippen molar-refractivity contribution >= 4 is 17.0 Å². The highest BCUT2D eigenvalue weighted by molar-refractivity contribution is 7.13. The fourth-order valence-electron chi connectivity index (χ4n) is 2.22. The molecule has 3 aromatic rings. The number of rotatable bonds is 2. The first-order valence-electron chi connectivity index (χ1n) is 6.41. The number of anilines is 1.